The number of pyridine rings is 2. The maximum atomic E-state index is 15.1. The summed E-state index contributed by atoms with van der Waals surface area (Å²) in [6, 6.07) is 8.16. The summed E-state index contributed by atoms with van der Waals surface area (Å²) in [5.74, 6) is 2.14. The van der Waals surface area contributed by atoms with Crippen molar-refractivity contribution in [3.05, 3.63) is 76.2 Å². The molecular weight excluding hydrogens is 545 g/mol. The Labute approximate surface area is 237 Å². The van der Waals surface area contributed by atoms with Gasteiger partial charge >= 0.3 is 0 Å². The Morgan fingerprint density at radius 2 is 2.05 bits per heavy atom. The van der Waals surface area contributed by atoms with Crippen LogP contribution in [0.15, 0.2) is 58.6 Å². The highest BCUT2D eigenvalue weighted by molar-refractivity contribution is 7.92. The molecule has 4 aromatic rings. The van der Waals surface area contributed by atoms with E-state index in [9.17, 15) is 13.2 Å². The predicted octanol–water partition coefficient (Wildman–Crippen LogP) is 3.08. The fourth-order valence-electron chi connectivity index (χ4n) is 4.81. The number of nitrogens with zero attached hydrogens (tertiary/aromatic N) is 5. The summed E-state index contributed by atoms with van der Waals surface area (Å²) in [4.78, 5) is 28.3. The summed E-state index contributed by atoms with van der Waals surface area (Å²) in [5, 5.41) is 6.16. The van der Waals surface area contributed by atoms with Crippen LogP contribution in [0.3, 0.4) is 0 Å². The minimum Gasteiger partial charge on any atom is -0.366 e. The van der Waals surface area contributed by atoms with Gasteiger partial charge in [-0.25, -0.2) is 17.8 Å². The Bertz CT molecular complexity index is 1830. The SMILES string of the molecule is C#Cc1cc2cnc(Nc3ccc(N4CCNC(C)C4)c(F)c3)nc2n(Cc2ccncc2S(=O)(=O)C(C)C)c1=O. The molecule has 12 heteroatoms. The van der Waals surface area contributed by atoms with Gasteiger partial charge in [-0.1, -0.05) is 5.92 Å². The highest BCUT2D eigenvalue weighted by Gasteiger charge is 2.24. The topological polar surface area (TPSA) is 122 Å². The van der Waals surface area contributed by atoms with Gasteiger partial charge < -0.3 is 15.5 Å². The molecule has 212 valence electrons. The minimum atomic E-state index is -3.68. The first-order valence-corrected chi connectivity index (χ1v) is 14.7. The second-order valence-corrected chi connectivity index (χ2v) is 12.7. The lowest BCUT2D eigenvalue weighted by Crippen LogP contribution is -2.49. The summed E-state index contributed by atoms with van der Waals surface area (Å²) in [6.07, 6.45) is 9.85. The second kappa shape index (κ2) is 11.3. The van der Waals surface area contributed by atoms with Gasteiger partial charge in [0.05, 0.1) is 27.9 Å². The molecule has 1 aliphatic heterocycles. The van der Waals surface area contributed by atoms with E-state index in [2.05, 4.69) is 38.4 Å². The molecule has 1 unspecified atom stereocenters. The molecule has 1 fully saturated rings. The summed E-state index contributed by atoms with van der Waals surface area (Å²) in [7, 11) is -3.68. The molecule has 10 nitrogen and oxygen atoms in total. The first-order chi connectivity index (χ1) is 19.6. The first-order valence-electron chi connectivity index (χ1n) is 13.2. The number of hydrogen-bond donors (Lipinski definition) is 2. The lowest BCUT2D eigenvalue weighted by Gasteiger charge is -2.33. The third kappa shape index (κ3) is 5.64. The van der Waals surface area contributed by atoms with Crippen LogP contribution >= 0.6 is 0 Å². The molecule has 0 amide bonds. The molecule has 3 aromatic heterocycles. The van der Waals surface area contributed by atoms with Crippen LogP contribution in [0.1, 0.15) is 31.9 Å². The Balaban J connectivity index is 1.53. The molecule has 0 saturated carbocycles. The molecule has 2 N–H and O–H groups in total. The van der Waals surface area contributed by atoms with Crippen molar-refractivity contribution in [2.75, 3.05) is 29.9 Å². The number of sulfone groups is 1. The Morgan fingerprint density at radius 3 is 2.76 bits per heavy atom. The van der Waals surface area contributed by atoms with Crippen LogP contribution in [-0.4, -0.2) is 58.9 Å². The molecule has 1 atom stereocenters. The number of fused-ring (bicyclic) bond motifs is 1. The van der Waals surface area contributed by atoms with Crippen molar-refractivity contribution in [1.29, 1.82) is 0 Å². The van der Waals surface area contributed by atoms with E-state index in [4.69, 9.17) is 6.42 Å². The van der Waals surface area contributed by atoms with E-state index in [0.717, 1.165) is 6.54 Å². The van der Waals surface area contributed by atoms with Crippen molar-refractivity contribution in [3.63, 3.8) is 0 Å². The van der Waals surface area contributed by atoms with Crippen molar-refractivity contribution in [2.24, 2.45) is 0 Å². The van der Waals surface area contributed by atoms with E-state index in [0.29, 0.717) is 35.4 Å². The maximum absolute atomic E-state index is 15.1. The number of anilines is 3. The largest absolute Gasteiger partial charge is 0.366 e. The summed E-state index contributed by atoms with van der Waals surface area (Å²) < 4.78 is 42.4. The van der Waals surface area contributed by atoms with Crippen LogP contribution in [0.25, 0.3) is 11.0 Å². The first kappa shape index (κ1) is 28.2. The molecule has 41 heavy (non-hydrogen) atoms. The number of benzene rings is 1. The third-order valence-corrected chi connectivity index (χ3v) is 9.24. The van der Waals surface area contributed by atoms with Crippen molar-refractivity contribution in [3.8, 4) is 12.3 Å². The summed E-state index contributed by atoms with van der Waals surface area (Å²) in [5.41, 5.74) is 1.15. The van der Waals surface area contributed by atoms with E-state index in [1.165, 1.54) is 35.3 Å². The van der Waals surface area contributed by atoms with Crippen LogP contribution in [-0.2, 0) is 16.4 Å². The quantitative estimate of drug-likeness (QED) is 0.320. The zero-order valence-corrected chi connectivity index (χ0v) is 23.7. The number of nitrogens with one attached hydrogen (secondary N) is 2. The van der Waals surface area contributed by atoms with Gasteiger partial charge in [0.2, 0.25) is 5.95 Å². The molecule has 0 spiro atoms. The third-order valence-electron chi connectivity index (χ3n) is 7.02. The van der Waals surface area contributed by atoms with Crippen molar-refractivity contribution in [1.82, 2.24) is 24.8 Å². The van der Waals surface area contributed by atoms with Gasteiger partial charge in [-0.05, 0) is 56.7 Å². The smallest absolute Gasteiger partial charge is 0.268 e. The van der Waals surface area contributed by atoms with E-state index >= 15 is 4.39 Å². The fourth-order valence-corrected chi connectivity index (χ4v) is 6.02. The Morgan fingerprint density at radius 1 is 1.24 bits per heavy atom. The molecule has 1 aromatic carbocycles. The lowest BCUT2D eigenvalue weighted by atomic mass is 10.2. The number of aromatic nitrogens is 4. The van der Waals surface area contributed by atoms with Gasteiger partial charge in [-0.3, -0.25) is 14.3 Å². The van der Waals surface area contributed by atoms with E-state index < -0.39 is 20.6 Å². The summed E-state index contributed by atoms with van der Waals surface area (Å²) >= 11 is 0. The number of rotatable bonds is 7. The number of hydrogen-bond acceptors (Lipinski definition) is 9. The van der Waals surface area contributed by atoms with E-state index in [-0.39, 0.29) is 40.5 Å². The molecule has 0 radical (unpaired) electrons. The van der Waals surface area contributed by atoms with Gasteiger partial charge in [0, 0.05) is 55.3 Å². The van der Waals surface area contributed by atoms with Crippen LogP contribution in [0.5, 0.6) is 0 Å². The van der Waals surface area contributed by atoms with Gasteiger partial charge in [0.15, 0.2) is 9.84 Å². The lowest BCUT2D eigenvalue weighted by molar-refractivity contribution is 0.478. The fraction of sp³-hybridized carbons (Fsp3) is 0.310. The van der Waals surface area contributed by atoms with Gasteiger partial charge in [0.1, 0.15) is 11.5 Å². The van der Waals surface area contributed by atoms with E-state index in [1.807, 2.05) is 4.90 Å². The second-order valence-electron chi connectivity index (χ2n) is 10.2. The zero-order valence-electron chi connectivity index (χ0n) is 22.9. The van der Waals surface area contributed by atoms with Gasteiger partial charge in [-0.15, -0.1) is 6.42 Å². The molecular formula is C29H30FN7O3S. The highest BCUT2D eigenvalue weighted by atomic mass is 32.2. The zero-order chi connectivity index (χ0) is 29.3. The number of piperazine rings is 1. The minimum absolute atomic E-state index is 0.0306. The summed E-state index contributed by atoms with van der Waals surface area (Å²) in [6.45, 7) is 7.29. The van der Waals surface area contributed by atoms with Gasteiger partial charge in [-0.2, -0.15) is 4.98 Å². The van der Waals surface area contributed by atoms with Crippen molar-refractivity contribution >= 4 is 38.2 Å². The number of halogens is 1. The molecule has 0 aliphatic carbocycles. The average molecular weight is 576 g/mol. The van der Waals surface area contributed by atoms with Crippen LogP contribution in [0.4, 0.5) is 21.7 Å². The van der Waals surface area contributed by atoms with Crippen molar-refractivity contribution < 1.29 is 12.8 Å². The van der Waals surface area contributed by atoms with Crippen LogP contribution in [0, 0.1) is 18.2 Å². The maximum Gasteiger partial charge on any atom is 0.268 e. The van der Waals surface area contributed by atoms with E-state index in [1.54, 1.807) is 32.0 Å². The molecule has 4 heterocycles. The Kier molecular flexibility index (Phi) is 7.75. The highest BCUT2D eigenvalue weighted by Crippen LogP contribution is 2.26. The average Bonchev–Trinajstić information content (AvgIpc) is 2.94. The van der Waals surface area contributed by atoms with Gasteiger partial charge in [0.25, 0.3) is 5.56 Å². The molecule has 0 bridgehead atoms. The van der Waals surface area contributed by atoms with Crippen LogP contribution in [0.2, 0.25) is 0 Å². The normalized spacial score (nSPS) is 15.7. The Hall–Kier alpha value is -4.34. The van der Waals surface area contributed by atoms with Crippen molar-refractivity contribution in [2.45, 2.75) is 43.5 Å². The predicted molar refractivity (Wildman–Crippen MR) is 157 cm³/mol. The number of terminal acetylenes is 1. The molecule has 1 aliphatic rings. The molecule has 5 rings (SSSR count). The molecule has 1 saturated heterocycles. The van der Waals surface area contributed by atoms with Crippen LogP contribution < -0.4 is 21.1 Å². The monoisotopic (exact) mass is 575 g/mol. The standard InChI is InChI=1S/C29H30FN7O3S/c1-5-20-12-22-14-33-29(34-23-6-7-25(24(30)13-23)36-11-10-32-19(4)16-36)35-27(22)37(28(20)38)17-21-8-9-31-15-26(21)41(39,40)18(2)3/h1,6-9,12-15,18-19,32H,10-11,16-17H2,2-4H3,(H,33,34,35).